The van der Waals surface area contributed by atoms with E-state index < -0.39 is 0 Å². The van der Waals surface area contributed by atoms with E-state index in [0.29, 0.717) is 0 Å². The molecule has 1 fully saturated rings. The van der Waals surface area contributed by atoms with Gasteiger partial charge in [-0.05, 0) is 44.7 Å². The van der Waals surface area contributed by atoms with Crippen molar-refractivity contribution >= 4 is 0 Å². The molecule has 0 heterocycles. The smallest absolute Gasteiger partial charge is 0.0478 e. The Bertz CT molecular complexity index is 132. The number of ether oxygens (including phenoxy) is 1. The van der Waals surface area contributed by atoms with Crippen LogP contribution in [0.3, 0.4) is 0 Å². The van der Waals surface area contributed by atoms with Crippen molar-refractivity contribution in [1.29, 1.82) is 0 Å². The largest absolute Gasteiger partial charge is 0.381 e. The molecule has 2 nitrogen and oxygen atoms in total. The molecule has 1 N–H and O–H groups in total. The van der Waals surface area contributed by atoms with Crippen LogP contribution >= 0.6 is 0 Å². The normalized spacial score (nSPS) is 17.4. The summed E-state index contributed by atoms with van der Waals surface area (Å²) in [5, 5.41) is 3.54. The van der Waals surface area contributed by atoms with Gasteiger partial charge in [-0.1, -0.05) is 26.2 Å². The van der Waals surface area contributed by atoms with Gasteiger partial charge in [0, 0.05) is 13.2 Å². The standard InChI is InChI=1S/C13H27NO/c1-2-3-10-15-11-6-9-14-12-13-7-4-5-8-13/h13-14H,2-12H2,1H3. The molecular formula is C13H27NO. The molecular weight excluding hydrogens is 186 g/mol. The van der Waals surface area contributed by atoms with Crippen LogP contribution in [-0.2, 0) is 4.74 Å². The van der Waals surface area contributed by atoms with Gasteiger partial charge in [-0.2, -0.15) is 0 Å². The van der Waals surface area contributed by atoms with E-state index in [9.17, 15) is 0 Å². The van der Waals surface area contributed by atoms with E-state index in [1.807, 2.05) is 0 Å². The van der Waals surface area contributed by atoms with Gasteiger partial charge in [0.1, 0.15) is 0 Å². The van der Waals surface area contributed by atoms with Crippen molar-refractivity contribution in [2.75, 3.05) is 26.3 Å². The first kappa shape index (κ1) is 13.0. The summed E-state index contributed by atoms with van der Waals surface area (Å²) in [6.45, 7) is 6.43. The molecule has 1 aliphatic rings. The minimum atomic E-state index is 0.928. The molecule has 0 atom stereocenters. The molecule has 0 aromatic rings. The summed E-state index contributed by atoms with van der Waals surface area (Å²) in [7, 11) is 0. The van der Waals surface area contributed by atoms with Crippen LogP contribution in [0.5, 0.6) is 0 Å². The first-order chi connectivity index (χ1) is 7.43. The average Bonchev–Trinajstić information content (AvgIpc) is 2.75. The maximum Gasteiger partial charge on any atom is 0.0478 e. The second-order valence-electron chi connectivity index (χ2n) is 4.67. The van der Waals surface area contributed by atoms with Crippen molar-refractivity contribution in [2.45, 2.75) is 51.9 Å². The number of rotatable bonds is 9. The van der Waals surface area contributed by atoms with Crippen molar-refractivity contribution in [1.82, 2.24) is 5.32 Å². The molecule has 2 heteroatoms. The Kier molecular flexibility index (Phi) is 7.94. The lowest BCUT2D eigenvalue weighted by Crippen LogP contribution is -2.23. The van der Waals surface area contributed by atoms with Crippen LogP contribution in [0, 0.1) is 5.92 Å². The van der Waals surface area contributed by atoms with Gasteiger partial charge in [0.25, 0.3) is 0 Å². The summed E-state index contributed by atoms with van der Waals surface area (Å²) >= 11 is 0. The van der Waals surface area contributed by atoms with Gasteiger partial charge >= 0.3 is 0 Å². The van der Waals surface area contributed by atoms with Gasteiger partial charge in [0.2, 0.25) is 0 Å². The lowest BCUT2D eigenvalue weighted by molar-refractivity contribution is 0.128. The molecule has 1 saturated carbocycles. The molecule has 0 bridgehead atoms. The maximum atomic E-state index is 5.51. The highest BCUT2D eigenvalue weighted by Crippen LogP contribution is 2.23. The Morgan fingerprint density at radius 1 is 1.13 bits per heavy atom. The Hall–Kier alpha value is -0.0800. The first-order valence-corrected chi connectivity index (χ1v) is 6.72. The SMILES string of the molecule is CCCCOCCCNCC1CCCC1. The highest BCUT2D eigenvalue weighted by atomic mass is 16.5. The Morgan fingerprint density at radius 2 is 1.87 bits per heavy atom. The number of hydrogen-bond acceptors (Lipinski definition) is 2. The number of nitrogens with one attached hydrogen (secondary N) is 1. The molecule has 0 unspecified atom stereocenters. The van der Waals surface area contributed by atoms with E-state index in [1.54, 1.807) is 0 Å². The van der Waals surface area contributed by atoms with E-state index in [1.165, 1.54) is 45.1 Å². The van der Waals surface area contributed by atoms with E-state index in [2.05, 4.69) is 12.2 Å². The van der Waals surface area contributed by atoms with Crippen LogP contribution in [0.25, 0.3) is 0 Å². The molecule has 0 saturated heterocycles. The van der Waals surface area contributed by atoms with Gasteiger partial charge in [-0.15, -0.1) is 0 Å². The number of unbranched alkanes of at least 4 members (excludes halogenated alkanes) is 1. The monoisotopic (exact) mass is 213 g/mol. The summed E-state index contributed by atoms with van der Waals surface area (Å²) in [5.41, 5.74) is 0. The maximum absolute atomic E-state index is 5.51. The second kappa shape index (κ2) is 9.17. The predicted octanol–water partition coefficient (Wildman–Crippen LogP) is 2.97. The fourth-order valence-corrected chi connectivity index (χ4v) is 2.17. The zero-order valence-electron chi connectivity index (χ0n) is 10.3. The van der Waals surface area contributed by atoms with E-state index in [4.69, 9.17) is 4.74 Å². The molecule has 0 aromatic carbocycles. The van der Waals surface area contributed by atoms with E-state index >= 15 is 0 Å². The summed E-state index contributed by atoms with van der Waals surface area (Å²) in [6.07, 6.45) is 9.39. The third kappa shape index (κ3) is 6.91. The van der Waals surface area contributed by atoms with Crippen molar-refractivity contribution in [3.63, 3.8) is 0 Å². The molecule has 90 valence electrons. The molecule has 0 amide bonds. The summed E-state index contributed by atoms with van der Waals surface area (Å²) in [5.74, 6) is 0.964. The average molecular weight is 213 g/mol. The Labute approximate surface area is 94.8 Å². The van der Waals surface area contributed by atoms with Crippen molar-refractivity contribution in [3.05, 3.63) is 0 Å². The zero-order valence-corrected chi connectivity index (χ0v) is 10.3. The van der Waals surface area contributed by atoms with Crippen LogP contribution < -0.4 is 5.32 Å². The van der Waals surface area contributed by atoms with E-state index in [-0.39, 0.29) is 0 Å². The third-order valence-electron chi connectivity index (χ3n) is 3.19. The van der Waals surface area contributed by atoms with Gasteiger partial charge < -0.3 is 10.1 Å². The zero-order chi connectivity index (χ0) is 10.8. The number of hydrogen-bond donors (Lipinski definition) is 1. The van der Waals surface area contributed by atoms with Crippen LogP contribution in [0.1, 0.15) is 51.9 Å². The van der Waals surface area contributed by atoms with E-state index in [0.717, 1.165) is 32.1 Å². The lowest BCUT2D eigenvalue weighted by atomic mass is 10.1. The van der Waals surface area contributed by atoms with Crippen LogP contribution in [0.15, 0.2) is 0 Å². The summed E-state index contributed by atoms with van der Waals surface area (Å²) in [4.78, 5) is 0. The fraction of sp³-hybridized carbons (Fsp3) is 1.00. The molecule has 1 rings (SSSR count). The fourth-order valence-electron chi connectivity index (χ4n) is 2.17. The third-order valence-corrected chi connectivity index (χ3v) is 3.19. The van der Waals surface area contributed by atoms with Crippen LogP contribution in [0.2, 0.25) is 0 Å². The first-order valence-electron chi connectivity index (χ1n) is 6.72. The lowest BCUT2D eigenvalue weighted by Gasteiger charge is -2.10. The molecule has 1 aliphatic carbocycles. The van der Waals surface area contributed by atoms with Crippen LogP contribution in [0.4, 0.5) is 0 Å². The predicted molar refractivity (Wildman–Crippen MR) is 65.2 cm³/mol. The summed E-state index contributed by atoms with van der Waals surface area (Å²) < 4.78 is 5.51. The van der Waals surface area contributed by atoms with Gasteiger partial charge in [-0.25, -0.2) is 0 Å². The van der Waals surface area contributed by atoms with Crippen molar-refractivity contribution < 1.29 is 4.74 Å². The molecule has 0 radical (unpaired) electrons. The molecule has 0 aromatic heterocycles. The van der Waals surface area contributed by atoms with Crippen LogP contribution in [-0.4, -0.2) is 26.3 Å². The molecule has 0 spiro atoms. The van der Waals surface area contributed by atoms with Gasteiger partial charge in [0.15, 0.2) is 0 Å². The molecule has 0 aliphatic heterocycles. The second-order valence-corrected chi connectivity index (χ2v) is 4.67. The van der Waals surface area contributed by atoms with Gasteiger partial charge in [0.05, 0.1) is 0 Å². The van der Waals surface area contributed by atoms with Gasteiger partial charge in [-0.3, -0.25) is 0 Å². The highest BCUT2D eigenvalue weighted by Gasteiger charge is 2.13. The molecule has 15 heavy (non-hydrogen) atoms. The highest BCUT2D eigenvalue weighted by molar-refractivity contribution is 4.69. The summed E-state index contributed by atoms with van der Waals surface area (Å²) in [6, 6.07) is 0. The van der Waals surface area contributed by atoms with Crippen molar-refractivity contribution in [3.8, 4) is 0 Å². The minimum Gasteiger partial charge on any atom is -0.381 e. The van der Waals surface area contributed by atoms with Crippen molar-refractivity contribution in [2.24, 2.45) is 5.92 Å². The topological polar surface area (TPSA) is 21.3 Å². The Morgan fingerprint density at radius 3 is 2.60 bits per heavy atom. The minimum absolute atomic E-state index is 0.928. The Balaban J connectivity index is 1.73. The quantitative estimate of drug-likeness (QED) is 0.595.